The second-order valence-electron chi connectivity index (χ2n) is 6.32. The Labute approximate surface area is 144 Å². The molecule has 0 bridgehead atoms. The fraction of sp³-hybridized carbons (Fsp3) is 0.364. The Morgan fingerprint density at radius 2 is 1.83 bits per heavy atom. The minimum atomic E-state index is 0.824. The zero-order valence-corrected chi connectivity index (χ0v) is 14.9. The van der Waals surface area contributed by atoms with Gasteiger partial charge in [0.15, 0.2) is 0 Å². The van der Waals surface area contributed by atoms with E-state index in [0.29, 0.717) is 0 Å². The predicted octanol–water partition coefficient (Wildman–Crippen LogP) is 6.40. The first-order chi connectivity index (χ1) is 11.7. The third-order valence-electron chi connectivity index (χ3n) is 4.61. The molecule has 0 radical (unpaired) electrons. The van der Waals surface area contributed by atoms with Crippen molar-refractivity contribution in [3.63, 3.8) is 0 Å². The Hall–Kier alpha value is -2.22. The summed E-state index contributed by atoms with van der Waals surface area (Å²) in [7, 11) is 1.68. The van der Waals surface area contributed by atoms with E-state index in [0.717, 1.165) is 28.9 Å². The molecule has 3 rings (SSSR count). The second kappa shape index (κ2) is 7.57. The number of unbranched alkanes of at least 4 members (excludes halogenated alkanes) is 2. The summed E-state index contributed by atoms with van der Waals surface area (Å²) in [6.07, 6.45) is 6.01. The van der Waals surface area contributed by atoms with Gasteiger partial charge >= 0.3 is 0 Å². The predicted molar refractivity (Wildman–Crippen MR) is 101 cm³/mol. The van der Waals surface area contributed by atoms with Crippen LogP contribution in [0.1, 0.15) is 44.2 Å². The number of methoxy groups -OCH3 is 1. The number of ether oxygens (including phenoxy) is 1. The van der Waals surface area contributed by atoms with Gasteiger partial charge in [0.25, 0.3) is 0 Å². The van der Waals surface area contributed by atoms with Crippen molar-refractivity contribution in [3.05, 3.63) is 53.6 Å². The molecule has 0 spiro atoms. The largest absolute Gasteiger partial charge is 0.497 e. The maximum Gasteiger partial charge on any atom is 0.138 e. The topological polar surface area (TPSA) is 22.4 Å². The van der Waals surface area contributed by atoms with E-state index < -0.39 is 0 Å². The molecule has 0 aliphatic rings. The SMILES string of the molecule is CCCCCc1ccc(-c2cc3ccc(OC)cc3o2)c(CC)c1. The van der Waals surface area contributed by atoms with E-state index in [-0.39, 0.29) is 0 Å². The standard InChI is InChI=1S/C22H26O2/c1-4-6-7-8-16-9-12-20(17(5-2)13-16)22-14-18-10-11-19(23-3)15-21(18)24-22/h9-15H,4-8H2,1-3H3. The highest BCUT2D eigenvalue weighted by atomic mass is 16.5. The van der Waals surface area contributed by atoms with Crippen LogP contribution >= 0.6 is 0 Å². The lowest BCUT2D eigenvalue weighted by atomic mass is 9.97. The minimum Gasteiger partial charge on any atom is -0.497 e. The van der Waals surface area contributed by atoms with Crippen molar-refractivity contribution < 1.29 is 9.15 Å². The van der Waals surface area contributed by atoms with E-state index in [1.165, 1.54) is 42.4 Å². The van der Waals surface area contributed by atoms with E-state index in [4.69, 9.17) is 9.15 Å². The molecule has 0 aliphatic heterocycles. The van der Waals surface area contributed by atoms with E-state index in [2.05, 4.69) is 38.1 Å². The number of fused-ring (bicyclic) bond motifs is 1. The lowest BCUT2D eigenvalue weighted by Crippen LogP contribution is -1.92. The first kappa shape index (κ1) is 16.6. The van der Waals surface area contributed by atoms with Crippen LogP contribution in [0, 0.1) is 0 Å². The van der Waals surface area contributed by atoms with Crippen molar-refractivity contribution in [2.75, 3.05) is 7.11 Å². The van der Waals surface area contributed by atoms with Crippen LogP contribution in [0.3, 0.4) is 0 Å². The van der Waals surface area contributed by atoms with Gasteiger partial charge in [-0.15, -0.1) is 0 Å². The van der Waals surface area contributed by atoms with Crippen LogP contribution in [-0.4, -0.2) is 7.11 Å². The average molecular weight is 322 g/mol. The summed E-state index contributed by atoms with van der Waals surface area (Å²) in [5.41, 5.74) is 4.86. The van der Waals surface area contributed by atoms with Crippen molar-refractivity contribution >= 4 is 11.0 Å². The third kappa shape index (κ3) is 3.48. The van der Waals surface area contributed by atoms with Crippen LogP contribution in [-0.2, 0) is 12.8 Å². The molecule has 0 aliphatic carbocycles. The highest BCUT2D eigenvalue weighted by molar-refractivity contribution is 5.84. The monoisotopic (exact) mass is 322 g/mol. The highest BCUT2D eigenvalue weighted by Crippen LogP contribution is 2.32. The average Bonchev–Trinajstić information content (AvgIpc) is 3.04. The van der Waals surface area contributed by atoms with Crippen LogP contribution in [0.25, 0.3) is 22.3 Å². The van der Waals surface area contributed by atoms with Crippen LogP contribution in [0.5, 0.6) is 5.75 Å². The van der Waals surface area contributed by atoms with Gasteiger partial charge in [0, 0.05) is 17.0 Å². The number of rotatable bonds is 7. The molecule has 0 N–H and O–H groups in total. The van der Waals surface area contributed by atoms with Crippen molar-refractivity contribution in [3.8, 4) is 17.1 Å². The van der Waals surface area contributed by atoms with E-state index in [9.17, 15) is 0 Å². The van der Waals surface area contributed by atoms with Gasteiger partial charge in [0.2, 0.25) is 0 Å². The van der Waals surface area contributed by atoms with Crippen molar-refractivity contribution in [2.24, 2.45) is 0 Å². The molecule has 2 aromatic carbocycles. The van der Waals surface area contributed by atoms with Crippen molar-refractivity contribution in [1.29, 1.82) is 0 Å². The molecular formula is C22H26O2. The molecule has 126 valence electrons. The Morgan fingerprint density at radius 3 is 2.58 bits per heavy atom. The fourth-order valence-electron chi connectivity index (χ4n) is 3.19. The van der Waals surface area contributed by atoms with Crippen molar-refractivity contribution in [1.82, 2.24) is 0 Å². The molecule has 1 heterocycles. The van der Waals surface area contributed by atoms with Gasteiger partial charge < -0.3 is 9.15 Å². The zero-order chi connectivity index (χ0) is 16.9. The van der Waals surface area contributed by atoms with Crippen LogP contribution in [0.4, 0.5) is 0 Å². The molecule has 1 aromatic heterocycles. The lowest BCUT2D eigenvalue weighted by molar-refractivity contribution is 0.414. The molecule has 24 heavy (non-hydrogen) atoms. The molecule has 2 heteroatoms. The molecule has 2 nitrogen and oxygen atoms in total. The highest BCUT2D eigenvalue weighted by Gasteiger charge is 2.11. The number of aryl methyl sites for hydroxylation is 2. The molecule has 0 amide bonds. The summed E-state index contributed by atoms with van der Waals surface area (Å²) >= 11 is 0. The van der Waals surface area contributed by atoms with Gasteiger partial charge in [-0.1, -0.05) is 44.9 Å². The molecule has 3 aromatic rings. The van der Waals surface area contributed by atoms with E-state index in [1.807, 2.05) is 18.2 Å². The summed E-state index contributed by atoms with van der Waals surface area (Å²) in [5, 5.41) is 1.11. The Morgan fingerprint density at radius 1 is 0.958 bits per heavy atom. The molecule has 0 fully saturated rings. The quantitative estimate of drug-likeness (QED) is 0.469. The normalized spacial score (nSPS) is 11.1. The van der Waals surface area contributed by atoms with Crippen LogP contribution < -0.4 is 4.74 Å². The summed E-state index contributed by atoms with van der Waals surface area (Å²) in [4.78, 5) is 0. The third-order valence-corrected chi connectivity index (χ3v) is 4.61. The summed E-state index contributed by atoms with van der Waals surface area (Å²) in [6, 6.07) is 14.9. The molecule has 0 saturated carbocycles. The Kier molecular flexibility index (Phi) is 5.24. The first-order valence-electron chi connectivity index (χ1n) is 8.95. The lowest BCUT2D eigenvalue weighted by Gasteiger charge is -2.08. The fourth-order valence-corrected chi connectivity index (χ4v) is 3.19. The van der Waals surface area contributed by atoms with Gasteiger partial charge in [0.1, 0.15) is 17.1 Å². The number of hydrogen-bond donors (Lipinski definition) is 0. The van der Waals surface area contributed by atoms with E-state index in [1.54, 1.807) is 7.11 Å². The number of furan rings is 1. The minimum absolute atomic E-state index is 0.824. The Balaban J connectivity index is 1.93. The maximum absolute atomic E-state index is 6.10. The summed E-state index contributed by atoms with van der Waals surface area (Å²) in [5.74, 6) is 1.76. The maximum atomic E-state index is 6.10. The molecule has 0 saturated heterocycles. The smallest absolute Gasteiger partial charge is 0.138 e. The van der Waals surface area contributed by atoms with Crippen LogP contribution in [0.2, 0.25) is 0 Å². The van der Waals surface area contributed by atoms with Crippen molar-refractivity contribution in [2.45, 2.75) is 46.0 Å². The Bertz CT molecular complexity index is 814. The number of benzene rings is 2. The van der Waals surface area contributed by atoms with Gasteiger partial charge in [-0.2, -0.15) is 0 Å². The summed E-state index contributed by atoms with van der Waals surface area (Å²) < 4.78 is 11.4. The van der Waals surface area contributed by atoms with E-state index >= 15 is 0 Å². The summed E-state index contributed by atoms with van der Waals surface area (Å²) in [6.45, 7) is 4.46. The molecule has 0 atom stereocenters. The first-order valence-corrected chi connectivity index (χ1v) is 8.95. The second-order valence-corrected chi connectivity index (χ2v) is 6.32. The van der Waals surface area contributed by atoms with Gasteiger partial charge in [-0.3, -0.25) is 0 Å². The van der Waals surface area contributed by atoms with Gasteiger partial charge in [-0.05, 0) is 48.6 Å². The molecular weight excluding hydrogens is 296 g/mol. The number of hydrogen-bond acceptors (Lipinski definition) is 2. The molecule has 0 unspecified atom stereocenters. The zero-order valence-electron chi connectivity index (χ0n) is 14.9. The van der Waals surface area contributed by atoms with Crippen LogP contribution in [0.15, 0.2) is 46.9 Å². The van der Waals surface area contributed by atoms with Gasteiger partial charge in [-0.25, -0.2) is 0 Å². The van der Waals surface area contributed by atoms with Gasteiger partial charge in [0.05, 0.1) is 7.11 Å².